The third-order valence-corrected chi connectivity index (χ3v) is 7.11. The van der Waals surface area contributed by atoms with E-state index in [1.165, 1.54) is 5.56 Å². The van der Waals surface area contributed by atoms with E-state index in [1.807, 2.05) is 36.0 Å². The van der Waals surface area contributed by atoms with Gasteiger partial charge in [-0.1, -0.05) is 68.9 Å². The lowest BCUT2D eigenvalue weighted by Crippen LogP contribution is -2.32. The molecule has 1 aliphatic rings. The van der Waals surface area contributed by atoms with Crippen molar-refractivity contribution >= 4 is 62.5 Å². The van der Waals surface area contributed by atoms with Crippen molar-refractivity contribution in [2.45, 2.75) is 43.5 Å². The number of hydrogen-bond acceptors (Lipinski definition) is 3. The van der Waals surface area contributed by atoms with Crippen molar-refractivity contribution < 1.29 is 9.47 Å². The molecule has 152 valence electrons. The van der Waals surface area contributed by atoms with Gasteiger partial charge < -0.3 is 9.47 Å². The Hall–Kier alpha value is 0.0600. The zero-order valence-electron chi connectivity index (χ0n) is 15.3. The summed E-state index contributed by atoms with van der Waals surface area (Å²) in [5.74, 6) is 1.90. The van der Waals surface area contributed by atoms with Crippen molar-refractivity contribution in [2.24, 2.45) is 0 Å². The number of ether oxygens (including phenoxy) is 2. The summed E-state index contributed by atoms with van der Waals surface area (Å²) in [6.45, 7) is 0. The Labute approximate surface area is 194 Å². The van der Waals surface area contributed by atoms with E-state index in [0.29, 0.717) is 15.4 Å². The summed E-state index contributed by atoms with van der Waals surface area (Å²) in [4.78, 5) is 0. The fourth-order valence-electron chi connectivity index (χ4n) is 3.11. The molecule has 2 aromatic rings. The molecule has 0 amide bonds. The van der Waals surface area contributed by atoms with E-state index in [1.54, 1.807) is 6.07 Å². The van der Waals surface area contributed by atoms with Crippen LogP contribution in [0.4, 0.5) is 0 Å². The van der Waals surface area contributed by atoms with Gasteiger partial charge in [0, 0.05) is 37.5 Å². The highest BCUT2D eigenvalue weighted by atomic mass is 79.9. The minimum Gasteiger partial charge on any atom is -0.349 e. The molecule has 0 saturated carbocycles. The average Bonchev–Trinajstić information content (AvgIpc) is 2.68. The molecular weight excluding hydrogens is 503 g/mol. The SMILES string of the molecule is Clc1ccc(CSC[C@H]2CCC[C@H](OC(CBr)c3ccc(Cl)cc3Cl)O2)cc1. The van der Waals surface area contributed by atoms with Crippen molar-refractivity contribution in [1.82, 2.24) is 0 Å². The first kappa shape index (κ1) is 22.7. The second-order valence-electron chi connectivity index (χ2n) is 6.71. The number of thioether (sulfide) groups is 1. The molecule has 0 N–H and O–H groups in total. The van der Waals surface area contributed by atoms with E-state index in [9.17, 15) is 0 Å². The van der Waals surface area contributed by atoms with Crippen molar-refractivity contribution in [3.63, 3.8) is 0 Å². The molecule has 1 heterocycles. The minimum atomic E-state index is -0.218. The first-order valence-corrected chi connectivity index (χ1v) is 12.6. The second kappa shape index (κ2) is 11.5. The standard InChI is InChI=1S/C21H22BrCl3O2S/c22-11-20(18-9-8-16(24)10-19(18)25)27-21-3-1-2-17(26-21)13-28-12-14-4-6-15(23)7-5-14/h4-10,17,20-21H,1-3,11-13H2/t17-,20?,21+/m1/s1. The number of rotatable bonds is 8. The van der Waals surface area contributed by atoms with Crippen LogP contribution in [0.5, 0.6) is 0 Å². The quantitative estimate of drug-likeness (QED) is 0.327. The second-order valence-corrected chi connectivity index (χ2v) is 9.66. The summed E-state index contributed by atoms with van der Waals surface area (Å²) in [5, 5.41) is 2.65. The molecule has 3 rings (SSSR count). The minimum absolute atomic E-state index is 0.171. The van der Waals surface area contributed by atoms with Crippen LogP contribution in [0.25, 0.3) is 0 Å². The molecule has 1 aliphatic heterocycles. The van der Waals surface area contributed by atoms with Gasteiger partial charge in [0.1, 0.15) is 0 Å². The maximum Gasteiger partial charge on any atom is 0.158 e. The van der Waals surface area contributed by atoms with Gasteiger partial charge in [0.25, 0.3) is 0 Å². The lowest BCUT2D eigenvalue weighted by Gasteiger charge is -2.32. The third-order valence-electron chi connectivity index (χ3n) is 4.56. The molecule has 0 aliphatic carbocycles. The van der Waals surface area contributed by atoms with Gasteiger partial charge in [-0.3, -0.25) is 0 Å². The fourth-order valence-corrected chi connectivity index (χ4v) is 5.32. The molecule has 2 nitrogen and oxygen atoms in total. The van der Waals surface area contributed by atoms with Crippen LogP contribution in [0, 0.1) is 0 Å². The number of halogens is 4. The molecule has 0 spiro atoms. The van der Waals surface area contributed by atoms with E-state index in [0.717, 1.165) is 41.4 Å². The Morgan fingerprint density at radius 1 is 1.07 bits per heavy atom. The third kappa shape index (κ3) is 6.80. The molecule has 0 aromatic heterocycles. The number of hydrogen-bond donors (Lipinski definition) is 0. The molecular formula is C21H22BrCl3O2S. The van der Waals surface area contributed by atoms with Gasteiger partial charge in [0.05, 0.1) is 12.2 Å². The van der Waals surface area contributed by atoms with E-state index < -0.39 is 0 Å². The smallest absolute Gasteiger partial charge is 0.158 e. The molecule has 1 saturated heterocycles. The van der Waals surface area contributed by atoms with Crippen molar-refractivity contribution in [3.8, 4) is 0 Å². The van der Waals surface area contributed by atoms with Gasteiger partial charge in [-0.2, -0.15) is 11.8 Å². The maximum atomic E-state index is 6.35. The lowest BCUT2D eigenvalue weighted by atomic mass is 10.1. The Morgan fingerprint density at radius 3 is 2.54 bits per heavy atom. The Bertz CT molecular complexity index is 760. The summed E-state index contributed by atoms with van der Waals surface area (Å²) in [7, 11) is 0. The van der Waals surface area contributed by atoms with E-state index in [-0.39, 0.29) is 18.5 Å². The summed E-state index contributed by atoms with van der Waals surface area (Å²) >= 11 is 23.7. The van der Waals surface area contributed by atoms with E-state index in [2.05, 4.69) is 28.1 Å². The van der Waals surface area contributed by atoms with Crippen molar-refractivity contribution in [1.29, 1.82) is 0 Å². The zero-order chi connectivity index (χ0) is 19.9. The highest BCUT2D eigenvalue weighted by Crippen LogP contribution is 2.33. The first-order valence-electron chi connectivity index (χ1n) is 9.19. The van der Waals surface area contributed by atoms with Gasteiger partial charge >= 0.3 is 0 Å². The predicted octanol–water partition coefficient (Wildman–Crippen LogP) is 7.93. The van der Waals surface area contributed by atoms with Crippen LogP contribution >= 0.6 is 62.5 Å². The fraction of sp³-hybridized carbons (Fsp3) is 0.429. The van der Waals surface area contributed by atoms with Crippen LogP contribution in [0.3, 0.4) is 0 Å². The van der Waals surface area contributed by atoms with Crippen LogP contribution in [-0.4, -0.2) is 23.5 Å². The maximum absolute atomic E-state index is 6.35. The largest absolute Gasteiger partial charge is 0.349 e. The Balaban J connectivity index is 1.50. The van der Waals surface area contributed by atoms with E-state index in [4.69, 9.17) is 44.3 Å². The predicted molar refractivity (Wildman–Crippen MR) is 124 cm³/mol. The highest BCUT2D eigenvalue weighted by molar-refractivity contribution is 9.09. The van der Waals surface area contributed by atoms with Crippen LogP contribution in [0.15, 0.2) is 42.5 Å². The van der Waals surface area contributed by atoms with Crippen LogP contribution in [0.1, 0.15) is 36.5 Å². The molecule has 1 fully saturated rings. The zero-order valence-corrected chi connectivity index (χ0v) is 19.9. The van der Waals surface area contributed by atoms with Gasteiger partial charge in [-0.25, -0.2) is 0 Å². The van der Waals surface area contributed by atoms with Crippen LogP contribution < -0.4 is 0 Å². The van der Waals surface area contributed by atoms with Gasteiger partial charge in [-0.05, 0) is 49.1 Å². The van der Waals surface area contributed by atoms with Gasteiger partial charge in [-0.15, -0.1) is 0 Å². The Kier molecular flexibility index (Phi) is 9.30. The molecule has 2 aromatic carbocycles. The normalized spacial score (nSPS) is 20.9. The van der Waals surface area contributed by atoms with E-state index >= 15 is 0 Å². The average molecular weight is 525 g/mol. The van der Waals surface area contributed by atoms with Crippen LogP contribution in [-0.2, 0) is 15.2 Å². The molecule has 3 atom stereocenters. The topological polar surface area (TPSA) is 18.5 Å². The highest BCUT2D eigenvalue weighted by Gasteiger charge is 2.26. The van der Waals surface area contributed by atoms with Crippen LogP contribution in [0.2, 0.25) is 15.1 Å². The van der Waals surface area contributed by atoms with Gasteiger partial charge in [0.15, 0.2) is 6.29 Å². The summed E-state index contributed by atoms with van der Waals surface area (Å²) in [6.07, 6.45) is 2.87. The van der Waals surface area contributed by atoms with Crippen molar-refractivity contribution in [3.05, 3.63) is 68.7 Å². The summed E-state index contributed by atoms with van der Waals surface area (Å²) in [6, 6.07) is 13.5. The molecule has 0 bridgehead atoms. The summed E-state index contributed by atoms with van der Waals surface area (Å²) in [5.41, 5.74) is 2.19. The van der Waals surface area contributed by atoms with Gasteiger partial charge in [0.2, 0.25) is 0 Å². The number of benzene rings is 2. The Morgan fingerprint density at radius 2 is 1.82 bits per heavy atom. The molecule has 0 radical (unpaired) electrons. The molecule has 1 unspecified atom stereocenters. The number of alkyl halides is 1. The summed E-state index contributed by atoms with van der Waals surface area (Å²) < 4.78 is 12.4. The van der Waals surface area contributed by atoms with Crippen molar-refractivity contribution in [2.75, 3.05) is 11.1 Å². The lowest BCUT2D eigenvalue weighted by molar-refractivity contribution is -0.207. The first-order chi connectivity index (χ1) is 13.5. The monoisotopic (exact) mass is 522 g/mol. The molecule has 7 heteroatoms. The molecule has 28 heavy (non-hydrogen) atoms.